The van der Waals surface area contributed by atoms with Gasteiger partial charge in [0.1, 0.15) is 0 Å². The first-order chi connectivity index (χ1) is 7.07. The molecule has 0 unspecified atom stereocenters. The number of aromatic nitrogens is 2. The molecule has 1 heterocycles. The van der Waals surface area contributed by atoms with Crippen molar-refractivity contribution in [3.8, 4) is 0 Å². The molecule has 0 radical (unpaired) electrons. The van der Waals surface area contributed by atoms with E-state index in [4.69, 9.17) is 11.6 Å². The molecule has 0 amide bonds. The molecule has 0 saturated heterocycles. The predicted octanol–water partition coefficient (Wildman–Crippen LogP) is 1.18. The monoisotopic (exact) mass is 251 g/mol. The molecule has 0 bridgehead atoms. The Morgan fingerprint density at radius 3 is 2.53 bits per heavy atom. The zero-order valence-electron chi connectivity index (χ0n) is 8.70. The molecule has 0 saturated carbocycles. The highest BCUT2D eigenvalue weighted by atomic mass is 35.5. The number of alkyl halides is 1. The standard InChI is InChI=1S/C8H14ClN3O2S/c1-3-12(4-2)15(13,14)8-7(5-9)6-10-11-8/h6H,3-5H2,1-2H3,(H,10,11). The fourth-order valence-electron chi connectivity index (χ4n) is 1.31. The van der Waals surface area contributed by atoms with Crippen LogP contribution >= 0.6 is 11.6 Å². The lowest BCUT2D eigenvalue weighted by Gasteiger charge is -2.17. The number of nitrogens with zero attached hydrogens (tertiary/aromatic N) is 2. The smallest absolute Gasteiger partial charge is 0.260 e. The van der Waals surface area contributed by atoms with Crippen LogP contribution in [-0.2, 0) is 15.9 Å². The number of nitrogens with one attached hydrogen (secondary N) is 1. The van der Waals surface area contributed by atoms with Gasteiger partial charge in [-0.15, -0.1) is 11.6 Å². The Morgan fingerprint density at radius 2 is 2.07 bits per heavy atom. The van der Waals surface area contributed by atoms with Crippen LogP contribution in [0.15, 0.2) is 11.2 Å². The van der Waals surface area contributed by atoms with Gasteiger partial charge in [-0.3, -0.25) is 5.10 Å². The summed E-state index contributed by atoms with van der Waals surface area (Å²) in [5, 5.41) is 6.28. The molecule has 0 aliphatic carbocycles. The molecule has 1 aromatic heterocycles. The quantitative estimate of drug-likeness (QED) is 0.800. The van der Waals surface area contributed by atoms with Crippen LogP contribution < -0.4 is 0 Å². The van der Waals surface area contributed by atoms with E-state index in [-0.39, 0.29) is 10.9 Å². The van der Waals surface area contributed by atoms with Crippen molar-refractivity contribution in [2.45, 2.75) is 24.8 Å². The Morgan fingerprint density at radius 1 is 1.47 bits per heavy atom. The van der Waals surface area contributed by atoms with Gasteiger partial charge in [0.2, 0.25) is 0 Å². The Bertz CT molecular complexity index is 411. The second-order valence-electron chi connectivity index (χ2n) is 2.95. The van der Waals surface area contributed by atoms with Crippen LogP contribution in [0.25, 0.3) is 0 Å². The van der Waals surface area contributed by atoms with Gasteiger partial charge in [-0.1, -0.05) is 13.8 Å². The number of rotatable bonds is 5. The van der Waals surface area contributed by atoms with Crippen molar-refractivity contribution in [3.63, 3.8) is 0 Å². The molecule has 0 atom stereocenters. The molecule has 1 rings (SSSR count). The van der Waals surface area contributed by atoms with Crippen LogP contribution in [0.1, 0.15) is 19.4 Å². The number of hydrogen-bond donors (Lipinski definition) is 1. The highest BCUT2D eigenvalue weighted by Gasteiger charge is 2.25. The summed E-state index contributed by atoms with van der Waals surface area (Å²) in [5.74, 6) is 0.131. The summed E-state index contributed by atoms with van der Waals surface area (Å²) in [6.07, 6.45) is 1.43. The normalized spacial score (nSPS) is 12.3. The number of halogens is 1. The van der Waals surface area contributed by atoms with Crippen LogP contribution in [0.4, 0.5) is 0 Å². The molecule has 15 heavy (non-hydrogen) atoms. The van der Waals surface area contributed by atoms with Gasteiger partial charge in [0.25, 0.3) is 10.0 Å². The Balaban J connectivity index is 3.16. The third-order valence-corrected chi connectivity index (χ3v) is 4.48. The zero-order chi connectivity index (χ0) is 11.5. The lowest BCUT2D eigenvalue weighted by molar-refractivity contribution is 0.442. The molecule has 5 nitrogen and oxygen atoms in total. The van der Waals surface area contributed by atoms with Crippen molar-refractivity contribution in [1.29, 1.82) is 0 Å². The first-order valence-corrected chi connectivity index (χ1v) is 6.63. The molecule has 0 aromatic carbocycles. The Labute approximate surface area is 94.5 Å². The largest absolute Gasteiger partial charge is 0.266 e. The van der Waals surface area contributed by atoms with E-state index in [1.807, 2.05) is 0 Å². The van der Waals surface area contributed by atoms with E-state index < -0.39 is 10.0 Å². The highest BCUT2D eigenvalue weighted by molar-refractivity contribution is 7.89. The fourth-order valence-corrected chi connectivity index (χ4v) is 3.15. The second kappa shape index (κ2) is 4.96. The third-order valence-electron chi connectivity index (χ3n) is 2.13. The van der Waals surface area contributed by atoms with E-state index in [0.29, 0.717) is 18.7 Å². The van der Waals surface area contributed by atoms with Gasteiger partial charge in [-0.2, -0.15) is 9.40 Å². The summed E-state index contributed by atoms with van der Waals surface area (Å²) in [5.41, 5.74) is 0.503. The summed E-state index contributed by atoms with van der Waals surface area (Å²) < 4.78 is 25.4. The molecule has 1 N–H and O–H groups in total. The number of hydrogen-bond acceptors (Lipinski definition) is 3. The molecule has 1 aromatic rings. The van der Waals surface area contributed by atoms with E-state index in [1.54, 1.807) is 13.8 Å². The van der Waals surface area contributed by atoms with E-state index in [9.17, 15) is 8.42 Å². The van der Waals surface area contributed by atoms with Crippen LogP contribution in [0.2, 0.25) is 0 Å². The Kier molecular flexibility index (Phi) is 4.12. The summed E-state index contributed by atoms with van der Waals surface area (Å²) in [7, 11) is -3.47. The molecule has 0 spiro atoms. The van der Waals surface area contributed by atoms with Crippen LogP contribution in [0.3, 0.4) is 0 Å². The van der Waals surface area contributed by atoms with E-state index in [1.165, 1.54) is 10.5 Å². The van der Waals surface area contributed by atoms with Gasteiger partial charge in [-0.25, -0.2) is 8.42 Å². The van der Waals surface area contributed by atoms with E-state index in [0.717, 1.165) is 0 Å². The summed E-state index contributed by atoms with van der Waals surface area (Å²) in [6.45, 7) is 4.44. The number of H-pyrrole nitrogens is 1. The summed E-state index contributed by atoms with van der Waals surface area (Å²) in [4.78, 5) is 0. The van der Waals surface area contributed by atoms with Crippen molar-refractivity contribution in [2.24, 2.45) is 0 Å². The molecule has 7 heteroatoms. The fraction of sp³-hybridized carbons (Fsp3) is 0.625. The van der Waals surface area contributed by atoms with Gasteiger partial charge in [0.15, 0.2) is 5.03 Å². The Hall–Kier alpha value is -0.590. The minimum absolute atomic E-state index is 0.0983. The zero-order valence-corrected chi connectivity index (χ0v) is 10.3. The molecular weight excluding hydrogens is 238 g/mol. The first kappa shape index (κ1) is 12.5. The van der Waals surface area contributed by atoms with Gasteiger partial charge >= 0.3 is 0 Å². The predicted molar refractivity (Wildman–Crippen MR) is 58.3 cm³/mol. The van der Waals surface area contributed by atoms with Crippen molar-refractivity contribution >= 4 is 21.6 Å². The summed E-state index contributed by atoms with van der Waals surface area (Å²) in [6, 6.07) is 0. The first-order valence-electron chi connectivity index (χ1n) is 4.66. The van der Waals surface area contributed by atoms with Crippen LogP contribution in [0.5, 0.6) is 0 Å². The number of sulfonamides is 1. The maximum Gasteiger partial charge on any atom is 0.260 e. The highest BCUT2D eigenvalue weighted by Crippen LogP contribution is 2.18. The van der Waals surface area contributed by atoms with Gasteiger partial charge in [0, 0.05) is 18.7 Å². The van der Waals surface area contributed by atoms with Gasteiger partial charge in [0.05, 0.1) is 12.1 Å². The SMILES string of the molecule is CCN(CC)S(=O)(=O)c1[nH]ncc1CCl. The minimum Gasteiger partial charge on any atom is -0.266 e. The third kappa shape index (κ3) is 2.32. The summed E-state index contributed by atoms with van der Waals surface area (Å²) >= 11 is 5.63. The van der Waals surface area contributed by atoms with E-state index >= 15 is 0 Å². The number of aromatic amines is 1. The average Bonchev–Trinajstić information content (AvgIpc) is 2.67. The lowest BCUT2D eigenvalue weighted by atomic mass is 10.4. The van der Waals surface area contributed by atoms with Crippen molar-refractivity contribution < 1.29 is 8.42 Å². The maximum absolute atomic E-state index is 12.0. The molecule has 86 valence electrons. The minimum atomic E-state index is -3.47. The lowest BCUT2D eigenvalue weighted by Crippen LogP contribution is -2.31. The topological polar surface area (TPSA) is 66.1 Å². The van der Waals surface area contributed by atoms with Crippen molar-refractivity contribution in [3.05, 3.63) is 11.8 Å². The molecular formula is C8H14ClN3O2S. The van der Waals surface area contributed by atoms with E-state index in [2.05, 4.69) is 10.2 Å². The molecule has 0 aliphatic rings. The maximum atomic E-state index is 12.0. The van der Waals surface area contributed by atoms with Gasteiger partial charge < -0.3 is 0 Å². The molecule has 0 fully saturated rings. The van der Waals surface area contributed by atoms with Crippen molar-refractivity contribution in [1.82, 2.24) is 14.5 Å². The molecule has 0 aliphatic heterocycles. The van der Waals surface area contributed by atoms with Crippen LogP contribution in [0, 0.1) is 0 Å². The second-order valence-corrected chi connectivity index (χ2v) is 5.09. The average molecular weight is 252 g/mol. The van der Waals surface area contributed by atoms with Gasteiger partial charge in [-0.05, 0) is 0 Å². The van der Waals surface area contributed by atoms with Crippen molar-refractivity contribution in [2.75, 3.05) is 13.1 Å². The van der Waals surface area contributed by atoms with Crippen LogP contribution in [-0.4, -0.2) is 36.0 Å².